The van der Waals surface area contributed by atoms with E-state index in [1.165, 1.54) is 32.2 Å². The molecule has 1 saturated carbocycles. The molecule has 0 aromatic carbocycles. The maximum atomic E-state index is 3.59. The number of likely N-dealkylation sites (tertiary alicyclic amines) is 1. The van der Waals surface area contributed by atoms with E-state index in [1.807, 2.05) is 0 Å². The Kier molecular flexibility index (Phi) is 3.68. The van der Waals surface area contributed by atoms with Gasteiger partial charge in [-0.05, 0) is 52.0 Å². The first-order valence-electron chi connectivity index (χ1n) is 6.71. The average Bonchev–Trinajstić information content (AvgIpc) is 3.01. The number of hydrogen-bond acceptors (Lipinski definition) is 2. The molecular weight excluding hydrogens is 184 g/mol. The van der Waals surface area contributed by atoms with E-state index in [1.54, 1.807) is 0 Å². The van der Waals surface area contributed by atoms with Gasteiger partial charge in [-0.2, -0.15) is 0 Å². The fourth-order valence-electron chi connectivity index (χ4n) is 3.12. The lowest BCUT2D eigenvalue weighted by molar-refractivity contribution is 0.0856. The summed E-state index contributed by atoms with van der Waals surface area (Å²) in [5.74, 6) is 1.02. The lowest BCUT2D eigenvalue weighted by Crippen LogP contribution is -2.51. The normalized spacial score (nSPS) is 35.4. The molecule has 0 aromatic rings. The molecule has 88 valence electrons. The van der Waals surface area contributed by atoms with Crippen LogP contribution in [0.2, 0.25) is 0 Å². The molecule has 2 aliphatic rings. The predicted octanol–water partition coefficient (Wildman–Crippen LogP) is 2.25. The third-order valence-electron chi connectivity index (χ3n) is 4.25. The fraction of sp³-hybridized carbons (Fsp3) is 1.00. The molecule has 1 aliphatic carbocycles. The van der Waals surface area contributed by atoms with E-state index in [0.717, 1.165) is 30.6 Å². The van der Waals surface area contributed by atoms with Gasteiger partial charge in [0.15, 0.2) is 0 Å². The molecule has 0 spiro atoms. The van der Waals surface area contributed by atoms with Crippen LogP contribution in [0.3, 0.4) is 0 Å². The van der Waals surface area contributed by atoms with Crippen molar-refractivity contribution in [3.8, 4) is 0 Å². The minimum absolute atomic E-state index is 0.771. The summed E-state index contributed by atoms with van der Waals surface area (Å²) in [4.78, 5) is 2.74. The van der Waals surface area contributed by atoms with Crippen molar-refractivity contribution in [2.45, 2.75) is 64.6 Å². The first-order valence-corrected chi connectivity index (χ1v) is 6.71. The van der Waals surface area contributed by atoms with Gasteiger partial charge in [-0.15, -0.1) is 0 Å². The Labute approximate surface area is 94.4 Å². The molecule has 2 fully saturated rings. The van der Waals surface area contributed by atoms with Crippen LogP contribution in [0.5, 0.6) is 0 Å². The van der Waals surface area contributed by atoms with Crippen molar-refractivity contribution in [2.75, 3.05) is 13.1 Å². The minimum Gasteiger partial charge on any atom is -0.314 e. The van der Waals surface area contributed by atoms with Crippen molar-refractivity contribution >= 4 is 0 Å². The number of nitrogens with one attached hydrogen (secondary N) is 1. The Morgan fingerprint density at radius 1 is 1.33 bits per heavy atom. The molecule has 2 nitrogen and oxygen atoms in total. The molecule has 2 rings (SSSR count). The van der Waals surface area contributed by atoms with E-state index < -0.39 is 0 Å². The maximum Gasteiger partial charge on any atom is 0.00980 e. The average molecular weight is 210 g/mol. The molecule has 15 heavy (non-hydrogen) atoms. The van der Waals surface area contributed by atoms with Gasteiger partial charge >= 0.3 is 0 Å². The molecule has 0 radical (unpaired) electrons. The Morgan fingerprint density at radius 2 is 2.07 bits per heavy atom. The highest BCUT2D eigenvalue weighted by atomic mass is 15.2. The summed E-state index contributed by atoms with van der Waals surface area (Å²) in [6.45, 7) is 9.47. The summed E-state index contributed by atoms with van der Waals surface area (Å²) < 4.78 is 0. The summed E-state index contributed by atoms with van der Waals surface area (Å²) >= 11 is 0. The highest BCUT2D eigenvalue weighted by Crippen LogP contribution is 2.37. The molecule has 0 amide bonds. The number of hydrogen-bond donors (Lipinski definition) is 1. The maximum absolute atomic E-state index is 3.59. The van der Waals surface area contributed by atoms with Gasteiger partial charge in [-0.1, -0.05) is 6.92 Å². The molecular formula is C13H26N2. The van der Waals surface area contributed by atoms with E-state index in [-0.39, 0.29) is 0 Å². The van der Waals surface area contributed by atoms with E-state index in [9.17, 15) is 0 Å². The Balaban J connectivity index is 1.83. The summed E-state index contributed by atoms with van der Waals surface area (Å²) in [6, 6.07) is 2.38. The van der Waals surface area contributed by atoms with Gasteiger partial charge in [0.25, 0.3) is 0 Å². The minimum atomic E-state index is 0.771. The van der Waals surface area contributed by atoms with E-state index in [2.05, 4.69) is 31.0 Å². The first kappa shape index (κ1) is 11.4. The van der Waals surface area contributed by atoms with Crippen LogP contribution < -0.4 is 5.32 Å². The first-order chi connectivity index (χ1) is 7.22. The summed E-state index contributed by atoms with van der Waals surface area (Å²) in [5.41, 5.74) is 0. The largest absolute Gasteiger partial charge is 0.314 e. The number of piperidine rings is 1. The molecule has 1 heterocycles. The summed E-state index contributed by atoms with van der Waals surface area (Å²) in [5, 5.41) is 3.59. The van der Waals surface area contributed by atoms with Crippen LogP contribution in [0, 0.1) is 5.92 Å². The number of nitrogens with zero attached hydrogens (tertiary/aromatic N) is 1. The van der Waals surface area contributed by atoms with E-state index in [0.29, 0.717) is 0 Å². The quantitative estimate of drug-likeness (QED) is 0.765. The van der Waals surface area contributed by atoms with Crippen LogP contribution in [0.25, 0.3) is 0 Å². The van der Waals surface area contributed by atoms with Gasteiger partial charge in [0.1, 0.15) is 0 Å². The second-order valence-electron chi connectivity index (χ2n) is 5.44. The molecule has 0 bridgehead atoms. The molecule has 1 aliphatic heterocycles. The fourth-order valence-corrected chi connectivity index (χ4v) is 3.12. The van der Waals surface area contributed by atoms with Crippen LogP contribution in [-0.2, 0) is 0 Å². The zero-order valence-electron chi connectivity index (χ0n) is 10.5. The van der Waals surface area contributed by atoms with E-state index in [4.69, 9.17) is 0 Å². The second-order valence-corrected chi connectivity index (χ2v) is 5.44. The topological polar surface area (TPSA) is 15.3 Å². The van der Waals surface area contributed by atoms with Crippen molar-refractivity contribution < 1.29 is 0 Å². The SMILES string of the molecule is CCNC1CCN(C(C)C2CC2)C(C)C1. The predicted molar refractivity (Wildman–Crippen MR) is 65.1 cm³/mol. The highest BCUT2D eigenvalue weighted by molar-refractivity contribution is 4.91. The van der Waals surface area contributed by atoms with Gasteiger partial charge in [0.2, 0.25) is 0 Å². The Hall–Kier alpha value is -0.0800. The smallest absolute Gasteiger partial charge is 0.00980 e. The van der Waals surface area contributed by atoms with Crippen molar-refractivity contribution in [1.29, 1.82) is 0 Å². The number of rotatable bonds is 4. The standard InChI is InChI=1S/C13H26N2/c1-4-14-13-7-8-15(10(2)9-13)11(3)12-5-6-12/h10-14H,4-9H2,1-3H3. The lowest BCUT2D eigenvalue weighted by atomic mass is 9.95. The van der Waals surface area contributed by atoms with Gasteiger partial charge in [-0.3, -0.25) is 4.90 Å². The zero-order valence-corrected chi connectivity index (χ0v) is 10.5. The van der Waals surface area contributed by atoms with Crippen LogP contribution >= 0.6 is 0 Å². The third kappa shape index (κ3) is 2.73. The van der Waals surface area contributed by atoms with E-state index >= 15 is 0 Å². The van der Waals surface area contributed by atoms with Gasteiger partial charge in [0, 0.05) is 24.7 Å². The van der Waals surface area contributed by atoms with Gasteiger partial charge in [0.05, 0.1) is 0 Å². The summed E-state index contributed by atoms with van der Waals surface area (Å²) in [7, 11) is 0. The van der Waals surface area contributed by atoms with Crippen LogP contribution in [-0.4, -0.2) is 36.1 Å². The van der Waals surface area contributed by atoms with Crippen LogP contribution in [0.15, 0.2) is 0 Å². The molecule has 0 aromatic heterocycles. The Bertz CT molecular complexity index is 201. The molecule has 2 heteroatoms. The molecule has 1 saturated heterocycles. The monoisotopic (exact) mass is 210 g/mol. The van der Waals surface area contributed by atoms with Crippen molar-refractivity contribution in [3.63, 3.8) is 0 Å². The second kappa shape index (κ2) is 4.84. The van der Waals surface area contributed by atoms with Crippen molar-refractivity contribution in [3.05, 3.63) is 0 Å². The van der Waals surface area contributed by atoms with Crippen molar-refractivity contribution in [2.24, 2.45) is 5.92 Å². The van der Waals surface area contributed by atoms with Crippen LogP contribution in [0.1, 0.15) is 46.5 Å². The van der Waals surface area contributed by atoms with Gasteiger partial charge in [-0.25, -0.2) is 0 Å². The zero-order chi connectivity index (χ0) is 10.8. The molecule has 3 unspecified atom stereocenters. The summed E-state index contributed by atoms with van der Waals surface area (Å²) in [6.07, 6.45) is 5.63. The molecule has 3 atom stereocenters. The Morgan fingerprint density at radius 3 is 2.60 bits per heavy atom. The lowest BCUT2D eigenvalue weighted by Gasteiger charge is -2.41. The highest BCUT2D eigenvalue weighted by Gasteiger charge is 2.36. The third-order valence-corrected chi connectivity index (χ3v) is 4.25. The molecule has 1 N–H and O–H groups in total. The van der Waals surface area contributed by atoms with Crippen molar-refractivity contribution in [1.82, 2.24) is 10.2 Å². The van der Waals surface area contributed by atoms with Crippen LogP contribution in [0.4, 0.5) is 0 Å². The van der Waals surface area contributed by atoms with Gasteiger partial charge < -0.3 is 5.32 Å².